The highest BCUT2D eigenvalue weighted by atomic mass is 19.4. The zero-order valence-electron chi connectivity index (χ0n) is 14.6. The van der Waals surface area contributed by atoms with E-state index in [1.807, 2.05) is 30.3 Å². The van der Waals surface area contributed by atoms with E-state index in [-0.39, 0.29) is 18.2 Å². The molecule has 2 aromatic carbocycles. The molecular weight excluding hydrogens is 357 g/mol. The van der Waals surface area contributed by atoms with Gasteiger partial charge in [-0.25, -0.2) is 4.79 Å². The first kappa shape index (κ1) is 19.1. The monoisotopic (exact) mass is 378 g/mol. The van der Waals surface area contributed by atoms with Crippen molar-refractivity contribution in [2.24, 2.45) is 0 Å². The lowest BCUT2D eigenvalue weighted by molar-refractivity contribution is -0.137. The Morgan fingerprint density at radius 3 is 2.15 bits per heavy atom. The Morgan fingerprint density at radius 2 is 1.56 bits per heavy atom. The molecule has 0 saturated heterocycles. The Labute approximate surface area is 155 Å². The van der Waals surface area contributed by atoms with Crippen molar-refractivity contribution in [1.82, 2.24) is 5.32 Å². The highest BCUT2D eigenvalue weighted by Crippen LogP contribution is 2.31. The second kappa shape index (κ2) is 8.33. The van der Waals surface area contributed by atoms with Gasteiger partial charge in [-0.2, -0.15) is 13.2 Å². The summed E-state index contributed by atoms with van der Waals surface area (Å²) in [5.74, 6) is 0.432. The zero-order chi connectivity index (χ0) is 19.3. The normalized spacial score (nSPS) is 20.0. The fourth-order valence-corrected chi connectivity index (χ4v) is 3.11. The smallest absolute Gasteiger partial charge is 0.416 e. The van der Waals surface area contributed by atoms with Crippen LogP contribution in [0, 0.1) is 0 Å². The molecule has 3 rings (SSSR count). The van der Waals surface area contributed by atoms with E-state index in [0.29, 0.717) is 5.75 Å². The van der Waals surface area contributed by atoms with Crippen LogP contribution in [0.3, 0.4) is 0 Å². The van der Waals surface area contributed by atoms with Gasteiger partial charge in [0.05, 0.1) is 11.7 Å². The van der Waals surface area contributed by atoms with Crippen molar-refractivity contribution in [3.63, 3.8) is 0 Å². The molecule has 2 N–H and O–H groups in total. The predicted molar refractivity (Wildman–Crippen MR) is 96.7 cm³/mol. The number of ether oxygens (including phenoxy) is 1. The van der Waals surface area contributed by atoms with Crippen LogP contribution in [0.2, 0.25) is 0 Å². The summed E-state index contributed by atoms with van der Waals surface area (Å²) in [6.07, 6.45) is -1.42. The van der Waals surface area contributed by atoms with E-state index in [1.54, 1.807) is 0 Å². The van der Waals surface area contributed by atoms with Crippen molar-refractivity contribution in [3.05, 3.63) is 60.2 Å². The molecule has 1 aliphatic rings. The molecule has 1 saturated carbocycles. The van der Waals surface area contributed by atoms with Crippen molar-refractivity contribution < 1.29 is 22.7 Å². The highest BCUT2D eigenvalue weighted by molar-refractivity contribution is 5.89. The number of rotatable bonds is 4. The number of benzene rings is 2. The van der Waals surface area contributed by atoms with Gasteiger partial charge in [0.25, 0.3) is 0 Å². The third-order valence-electron chi connectivity index (χ3n) is 4.53. The number of halogens is 3. The average Bonchev–Trinajstić information content (AvgIpc) is 2.64. The van der Waals surface area contributed by atoms with Gasteiger partial charge in [0, 0.05) is 11.7 Å². The van der Waals surface area contributed by atoms with Crippen molar-refractivity contribution in [1.29, 1.82) is 0 Å². The minimum Gasteiger partial charge on any atom is -0.490 e. The Balaban J connectivity index is 1.43. The van der Waals surface area contributed by atoms with Gasteiger partial charge >= 0.3 is 12.2 Å². The molecule has 1 aliphatic carbocycles. The summed E-state index contributed by atoms with van der Waals surface area (Å²) < 4.78 is 43.5. The van der Waals surface area contributed by atoms with Crippen LogP contribution in [0.25, 0.3) is 0 Å². The Hall–Kier alpha value is -2.70. The Kier molecular flexibility index (Phi) is 5.88. The molecule has 27 heavy (non-hydrogen) atoms. The zero-order valence-corrected chi connectivity index (χ0v) is 14.6. The summed E-state index contributed by atoms with van der Waals surface area (Å²) in [6.45, 7) is 0. The molecule has 0 aliphatic heterocycles. The van der Waals surface area contributed by atoms with Crippen LogP contribution >= 0.6 is 0 Å². The summed E-state index contributed by atoms with van der Waals surface area (Å²) >= 11 is 0. The predicted octanol–water partition coefficient (Wildman–Crippen LogP) is 5.22. The van der Waals surface area contributed by atoms with Crippen molar-refractivity contribution in [3.8, 4) is 5.75 Å². The summed E-state index contributed by atoms with van der Waals surface area (Å²) in [4.78, 5) is 12.0. The molecule has 0 heterocycles. The number of nitrogens with one attached hydrogen (secondary N) is 2. The number of alkyl halides is 3. The number of carbonyl (C=O) groups is 1. The molecule has 2 aromatic rings. The SMILES string of the molecule is O=C(Nc1ccccc1)NC1CCC(Oc2ccc(C(F)(F)F)cc2)CC1. The van der Waals surface area contributed by atoms with E-state index < -0.39 is 11.7 Å². The molecule has 0 unspecified atom stereocenters. The molecule has 0 aromatic heterocycles. The van der Waals surface area contributed by atoms with Gasteiger partial charge in [-0.15, -0.1) is 0 Å². The molecule has 0 spiro atoms. The lowest BCUT2D eigenvalue weighted by Crippen LogP contribution is -2.41. The minimum atomic E-state index is -4.34. The molecule has 1 fully saturated rings. The van der Waals surface area contributed by atoms with Gasteiger partial charge in [0.15, 0.2) is 0 Å². The largest absolute Gasteiger partial charge is 0.490 e. The number of hydrogen-bond donors (Lipinski definition) is 2. The van der Waals surface area contributed by atoms with Crippen LogP contribution < -0.4 is 15.4 Å². The Morgan fingerprint density at radius 1 is 0.926 bits per heavy atom. The maximum Gasteiger partial charge on any atom is 0.416 e. The van der Waals surface area contributed by atoms with E-state index in [0.717, 1.165) is 43.5 Å². The van der Waals surface area contributed by atoms with E-state index in [4.69, 9.17) is 4.74 Å². The molecule has 4 nitrogen and oxygen atoms in total. The van der Waals surface area contributed by atoms with Crippen LogP contribution in [0.4, 0.5) is 23.7 Å². The second-order valence-corrected chi connectivity index (χ2v) is 6.58. The maximum atomic E-state index is 12.6. The number of para-hydroxylation sites is 1. The van der Waals surface area contributed by atoms with Crippen LogP contribution in [0.5, 0.6) is 5.75 Å². The van der Waals surface area contributed by atoms with Crippen LogP contribution in [0.15, 0.2) is 54.6 Å². The first-order valence-corrected chi connectivity index (χ1v) is 8.86. The second-order valence-electron chi connectivity index (χ2n) is 6.58. The van der Waals surface area contributed by atoms with Crippen molar-refractivity contribution >= 4 is 11.7 Å². The van der Waals surface area contributed by atoms with E-state index in [1.165, 1.54) is 12.1 Å². The number of anilines is 1. The van der Waals surface area contributed by atoms with E-state index in [2.05, 4.69) is 10.6 Å². The first-order valence-electron chi connectivity index (χ1n) is 8.86. The molecule has 2 amide bonds. The van der Waals surface area contributed by atoms with E-state index >= 15 is 0 Å². The third kappa shape index (κ3) is 5.64. The summed E-state index contributed by atoms with van der Waals surface area (Å²) in [5, 5.41) is 5.73. The number of carbonyl (C=O) groups excluding carboxylic acids is 1. The fraction of sp³-hybridized carbons (Fsp3) is 0.350. The fourth-order valence-electron chi connectivity index (χ4n) is 3.11. The van der Waals surface area contributed by atoms with Crippen molar-refractivity contribution in [2.75, 3.05) is 5.32 Å². The lowest BCUT2D eigenvalue weighted by atomic mass is 9.93. The standard InChI is InChI=1S/C20H21F3N2O2/c21-20(22,23)14-6-10-17(11-7-14)27-18-12-8-16(9-13-18)25-19(26)24-15-4-2-1-3-5-15/h1-7,10-11,16,18H,8-9,12-13H2,(H2,24,25,26). The summed E-state index contributed by atoms with van der Waals surface area (Å²) in [6, 6.07) is 13.8. The van der Waals surface area contributed by atoms with Crippen molar-refractivity contribution in [2.45, 2.75) is 44.0 Å². The summed E-state index contributed by atoms with van der Waals surface area (Å²) in [7, 11) is 0. The first-order chi connectivity index (χ1) is 12.9. The number of amides is 2. The topological polar surface area (TPSA) is 50.4 Å². The van der Waals surface area contributed by atoms with E-state index in [9.17, 15) is 18.0 Å². The summed E-state index contributed by atoms with van der Waals surface area (Å²) in [5.41, 5.74) is 0.0431. The van der Waals surface area contributed by atoms with Gasteiger partial charge < -0.3 is 15.4 Å². The Bertz CT molecular complexity index is 740. The molecule has 0 atom stereocenters. The molecule has 7 heteroatoms. The van der Waals surface area contributed by atoms with Gasteiger partial charge in [0.1, 0.15) is 5.75 Å². The van der Waals surface area contributed by atoms with Crippen LogP contribution in [-0.2, 0) is 6.18 Å². The minimum absolute atomic E-state index is 0.0566. The third-order valence-corrected chi connectivity index (χ3v) is 4.53. The van der Waals surface area contributed by atoms with Gasteiger partial charge in [-0.05, 0) is 62.1 Å². The lowest BCUT2D eigenvalue weighted by Gasteiger charge is -2.29. The van der Waals surface area contributed by atoms with Gasteiger partial charge in [0.2, 0.25) is 0 Å². The average molecular weight is 378 g/mol. The van der Waals surface area contributed by atoms with Crippen LogP contribution in [-0.4, -0.2) is 18.2 Å². The highest BCUT2D eigenvalue weighted by Gasteiger charge is 2.30. The van der Waals surface area contributed by atoms with Gasteiger partial charge in [-0.3, -0.25) is 0 Å². The number of urea groups is 1. The molecule has 0 bridgehead atoms. The molecule has 144 valence electrons. The molecular formula is C20H21F3N2O2. The number of hydrogen-bond acceptors (Lipinski definition) is 2. The molecule has 0 radical (unpaired) electrons. The quantitative estimate of drug-likeness (QED) is 0.767. The maximum absolute atomic E-state index is 12.6. The van der Waals surface area contributed by atoms with Gasteiger partial charge in [-0.1, -0.05) is 18.2 Å². The van der Waals surface area contributed by atoms with Crippen LogP contribution in [0.1, 0.15) is 31.2 Å².